The highest BCUT2D eigenvalue weighted by atomic mass is 32.2. The molecule has 7 nitrogen and oxygen atoms in total. The lowest BCUT2D eigenvalue weighted by molar-refractivity contribution is -0.167. The Balaban J connectivity index is 1.78. The number of alkyl halides is 1. The van der Waals surface area contributed by atoms with Gasteiger partial charge in [-0.15, -0.1) is 0 Å². The summed E-state index contributed by atoms with van der Waals surface area (Å²) in [6.45, 7) is 6.43. The highest BCUT2D eigenvalue weighted by Gasteiger charge is 2.64. The van der Waals surface area contributed by atoms with Gasteiger partial charge < -0.3 is 9.47 Å². The van der Waals surface area contributed by atoms with Gasteiger partial charge in [0.1, 0.15) is 23.1 Å². The fourth-order valence-corrected chi connectivity index (χ4v) is 6.53. The third kappa shape index (κ3) is 5.27. The molecule has 1 aliphatic heterocycles. The van der Waals surface area contributed by atoms with Crippen LogP contribution >= 0.6 is 0 Å². The molecule has 1 heterocycles. The first-order valence-corrected chi connectivity index (χ1v) is 14.8. The number of nitrogens with zero attached hydrogens (tertiary/aromatic N) is 1. The molecule has 0 amide bonds. The summed E-state index contributed by atoms with van der Waals surface area (Å²) in [5.41, 5.74) is -4.08. The lowest BCUT2D eigenvalue weighted by Gasteiger charge is -2.44. The summed E-state index contributed by atoms with van der Waals surface area (Å²) in [6.07, 6.45) is 0. The summed E-state index contributed by atoms with van der Waals surface area (Å²) in [7, 11) is -4.54. The zero-order valence-corrected chi connectivity index (χ0v) is 24.4. The number of para-hydroxylation sites is 2. The summed E-state index contributed by atoms with van der Waals surface area (Å²) >= 11 is 0. The first-order valence-electron chi connectivity index (χ1n) is 13.3. The van der Waals surface area contributed by atoms with E-state index in [1.807, 2.05) is 6.07 Å². The fraction of sp³-hybridized carbons (Fsp3) is 0.212. The Hall–Kier alpha value is -4.50. The SMILES string of the molecule is Cc1ccc(S(=O)(=O)N2c3ccccc3C(=O)[C@@](F)(C(=O)OC(C)(C)C)[C@H]2c2cccc(Oc3ccccc3)c2)cc1. The van der Waals surface area contributed by atoms with Crippen LogP contribution in [0.15, 0.2) is 108 Å². The average Bonchev–Trinajstić information content (AvgIpc) is 2.94. The minimum absolute atomic E-state index is 0.0235. The number of esters is 1. The van der Waals surface area contributed by atoms with Gasteiger partial charge in [0.2, 0.25) is 5.78 Å². The summed E-state index contributed by atoms with van der Waals surface area (Å²) in [6, 6.07) is 24.7. The molecule has 1 aliphatic rings. The van der Waals surface area contributed by atoms with Crippen molar-refractivity contribution in [3.05, 3.63) is 120 Å². The van der Waals surface area contributed by atoms with Crippen LogP contribution in [0.25, 0.3) is 0 Å². The number of hydrogen-bond acceptors (Lipinski definition) is 6. The molecule has 0 spiro atoms. The minimum Gasteiger partial charge on any atom is -0.457 e. The third-order valence-electron chi connectivity index (χ3n) is 6.75. The first-order chi connectivity index (χ1) is 19.8. The Labute approximate surface area is 244 Å². The summed E-state index contributed by atoms with van der Waals surface area (Å²) in [5.74, 6) is -1.94. The van der Waals surface area contributed by atoms with Gasteiger partial charge in [-0.05, 0) is 81.8 Å². The van der Waals surface area contributed by atoms with Gasteiger partial charge in [-0.25, -0.2) is 17.6 Å². The molecule has 216 valence electrons. The highest BCUT2D eigenvalue weighted by molar-refractivity contribution is 7.92. The molecular formula is C33H30FNO6S. The Morgan fingerprint density at radius 3 is 2.14 bits per heavy atom. The van der Waals surface area contributed by atoms with Gasteiger partial charge in [0.25, 0.3) is 15.7 Å². The van der Waals surface area contributed by atoms with Crippen molar-refractivity contribution in [2.75, 3.05) is 4.31 Å². The number of ether oxygens (including phenoxy) is 2. The highest BCUT2D eigenvalue weighted by Crippen LogP contribution is 2.50. The first kappa shape index (κ1) is 29.0. The Morgan fingerprint density at radius 1 is 0.857 bits per heavy atom. The lowest BCUT2D eigenvalue weighted by Crippen LogP contribution is -2.60. The molecule has 42 heavy (non-hydrogen) atoms. The molecule has 0 unspecified atom stereocenters. The van der Waals surface area contributed by atoms with Crippen molar-refractivity contribution in [1.82, 2.24) is 0 Å². The molecule has 0 N–H and O–H groups in total. The van der Waals surface area contributed by atoms with Gasteiger partial charge in [0.15, 0.2) is 0 Å². The molecule has 0 fully saturated rings. The zero-order chi connectivity index (χ0) is 30.3. The molecule has 5 rings (SSSR count). The standard InChI is InChI=1S/C33H30FNO6S/c1-22-17-19-26(20-18-22)42(38,39)35-28-16-9-8-15-27(28)30(36)33(34,31(37)41-32(2,3)4)29(35)23-11-10-14-25(21-23)40-24-12-6-5-7-13-24/h5-21,29H,1-4H3/t29-,33-/m1/s1. The molecule has 4 aromatic carbocycles. The van der Waals surface area contributed by atoms with Gasteiger partial charge in [0.05, 0.1) is 10.6 Å². The maximum atomic E-state index is 17.7. The second kappa shape index (κ2) is 10.7. The van der Waals surface area contributed by atoms with E-state index in [2.05, 4.69) is 0 Å². The molecular weight excluding hydrogens is 557 g/mol. The second-order valence-corrected chi connectivity index (χ2v) is 12.9. The quantitative estimate of drug-likeness (QED) is 0.179. The Bertz CT molecular complexity index is 1750. The van der Waals surface area contributed by atoms with E-state index in [4.69, 9.17) is 9.47 Å². The summed E-state index contributed by atoms with van der Waals surface area (Å²) < 4.78 is 58.6. The van der Waals surface area contributed by atoms with Crippen molar-refractivity contribution >= 4 is 27.5 Å². The number of carbonyl (C=O) groups is 2. The molecule has 0 aromatic heterocycles. The number of halogens is 1. The second-order valence-electron chi connectivity index (χ2n) is 11.1. The van der Waals surface area contributed by atoms with Gasteiger partial charge in [-0.1, -0.05) is 60.2 Å². The molecule has 0 aliphatic carbocycles. The van der Waals surface area contributed by atoms with Gasteiger partial charge in [-0.3, -0.25) is 9.10 Å². The van der Waals surface area contributed by atoms with E-state index < -0.39 is 39.1 Å². The van der Waals surface area contributed by atoms with E-state index >= 15 is 4.39 Å². The number of ketones is 1. The van der Waals surface area contributed by atoms with Crippen molar-refractivity contribution < 1.29 is 31.9 Å². The Morgan fingerprint density at radius 2 is 1.48 bits per heavy atom. The van der Waals surface area contributed by atoms with Crippen molar-refractivity contribution in [1.29, 1.82) is 0 Å². The lowest BCUT2D eigenvalue weighted by atomic mass is 9.79. The molecule has 0 saturated heterocycles. The van der Waals surface area contributed by atoms with Gasteiger partial charge in [0, 0.05) is 5.56 Å². The van der Waals surface area contributed by atoms with Crippen LogP contribution in [0.4, 0.5) is 10.1 Å². The molecule has 0 radical (unpaired) electrons. The minimum atomic E-state index is -4.54. The van der Waals surface area contributed by atoms with E-state index in [-0.39, 0.29) is 27.5 Å². The normalized spacial score (nSPS) is 18.7. The van der Waals surface area contributed by atoms with Crippen molar-refractivity contribution in [2.45, 2.75) is 49.9 Å². The van der Waals surface area contributed by atoms with Crippen molar-refractivity contribution in [3.8, 4) is 11.5 Å². The van der Waals surface area contributed by atoms with Crippen molar-refractivity contribution in [2.24, 2.45) is 0 Å². The molecule has 9 heteroatoms. The molecule has 2 atom stereocenters. The number of sulfonamides is 1. The van der Waals surface area contributed by atoms with Crippen LogP contribution in [-0.2, 0) is 19.6 Å². The van der Waals surface area contributed by atoms with E-state index in [9.17, 15) is 18.0 Å². The number of anilines is 1. The van der Waals surface area contributed by atoms with Crippen LogP contribution in [0.3, 0.4) is 0 Å². The third-order valence-corrected chi connectivity index (χ3v) is 8.55. The van der Waals surface area contributed by atoms with E-state index in [0.717, 1.165) is 9.87 Å². The van der Waals surface area contributed by atoms with Gasteiger partial charge >= 0.3 is 5.97 Å². The van der Waals surface area contributed by atoms with Gasteiger partial charge in [-0.2, -0.15) is 0 Å². The predicted molar refractivity (Wildman–Crippen MR) is 157 cm³/mol. The number of aryl methyl sites for hydroxylation is 1. The predicted octanol–water partition coefficient (Wildman–Crippen LogP) is 6.97. The largest absolute Gasteiger partial charge is 0.457 e. The van der Waals surface area contributed by atoms with Crippen LogP contribution in [0.1, 0.15) is 48.3 Å². The van der Waals surface area contributed by atoms with Crippen LogP contribution in [-0.4, -0.2) is 31.4 Å². The fourth-order valence-electron chi connectivity index (χ4n) is 4.87. The van der Waals surface area contributed by atoms with E-state index in [1.54, 1.807) is 82.3 Å². The molecule has 0 saturated carbocycles. The van der Waals surface area contributed by atoms with E-state index in [0.29, 0.717) is 5.75 Å². The van der Waals surface area contributed by atoms with Crippen LogP contribution in [0, 0.1) is 6.92 Å². The van der Waals surface area contributed by atoms with Crippen LogP contribution < -0.4 is 9.04 Å². The number of benzene rings is 4. The van der Waals surface area contributed by atoms with Crippen LogP contribution in [0.2, 0.25) is 0 Å². The smallest absolute Gasteiger partial charge is 0.355 e. The topological polar surface area (TPSA) is 90.0 Å². The van der Waals surface area contributed by atoms with Crippen LogP contribution in [0.5, 0.6) is 11.5 Å². The summed E-state index contributed by atoms with van der Waals surface area (Å²) in [4.78, 5) is 27.5. The monoisotopic (exact) mass is 587 g/mol. The van der Waals surface area contributed by atoms with Crippen molar-refractivity contribution in [3.63, 3.8) is 0 Å². The Kier molecular flexibility index (Phi) is 7.41. The maximum Gasteiger partial charge on any atom is 0.355 e. The zero-order valence-electron chi connectivity index (χ0n) is 23.6. The average molecular weight is 588 g/mol. The maximum absolute atomic E-state index is 17.7. The number of rotatable bonds is 6. The summed E-state index contributed by atoms with van der Waals surface area (Å²) in [5, 5.41) is 0. The van der Waals surface area contributed by atoms with E-state index in [1.165, 1.54) is 42.5 Å². The number of carbonyl (C=O) groups excluding carboxylic acids is 2. The molecule has 4 aromatic rings. The molecule has 0 bridgehead atoms. The number of hydrogen-bond donors (Lipinski definition) is 0. The number of Topliss-reactive ketones (excluding diaryl/α,β-unsaturated/α-hetero) is 1. The number of fused-ring (bicyclic) bond motifs is 1.